The highest BCUT2D eigenvalue weighted by Gasteiger charge is 2.20. The number of carbonyl (C=O) groups is 2. The molecule has 0 unspecified atom stereocenters. The van der Waals surface area contributed by atoms with E-state index in [4.69, 9.17) is 4.74 Å². The van der Waals surface area contributed by atoms with E-state index in [-0.39, 0.29) is 0 Å². The summed E-state index contributed by atoms with van der Waals surface area (Å²) >= 11 is 0. The first-order valence-electron chi connectivity index (χ1n) is 9.52. The predicted molar refractivity (Wildman–Crippen MR) is 110 cm³/mol. The summed E-state index contributed by atoms with van der Waals surface area (Å²) in [6.07, 6.45) is 0. The molecule has 0 aromatic heterocycles. The number of rotatable bonds is 6. The number of benzene rings is 2. The molecule has 2 N–H and O–H groups in total. The summed E-state index contributed by atoms with van der Waals surface area (Å²) in [5.74, 6) is -1.02. The van der Waals surface area contributed by atoms with Gasteiger partial charge in [0.2, 0.25) is 0 Å². The number of amides is 2. The second-order valence-corrected chi connectivity index (χ2v) is 6.72. The van der Waals surface area contributed by atoms with Crippen LogP contribution >= 0.6 is 0 Å². The van der Waals surface area contributed by atoms with Gasteiger partial charge in [0.15, 0.2) is 0 Å². The zero-order valence-corrected chi connectivity index (χ0v) is 16.4. The molecule has 0 atom stereocenters. The first-order valence-corrected chi connectivity index (χ1v) is 9.52. The van der Waals surface area contributed by atoms with Crippen molar-refractivity contribution in [3.63, 3.8) is 0 Å². The van der Waals surface area contributed by atoms with Crippen molar-refractivity contribution in [3.8, 4) is 5.75 Å². The molecule has 0 spiro atoms. The van der Waals surface area contributed by atoms with Gasteiger partial charge in [-0.3, -0.25) is 14.5 Å². The highest BCUT2D eigenvalue weighted by Crippen LogP contribution is 2.28. The molecule has 2 aromatic carbocycles. The Morgan fingerprint density at radius 1 is 1.00 bits per heavy atom. The summed E-state index contributed by atoms with van der Waals surface area (Å²) < 4.78 is 18.3. The van der Waals surface area contributed by atoms with Crippen LogP contribution < -0.4 is 20.3 Å². The van der Waals surface area contributed by atoms with E-state index in [0.29, 0.717) is 18.8 Å². The van der Waals surface area contributed by atoms with Crippen molar-refractivity contribution < 1.29 is 18.7 Å². The summed E-state index contributed by atoms with van der Waals surface area (Å²) in [5.41, 5.74) is 1.46. The maximum Gasteiger partial charge on any atom is 0.313 e. The number of carbonyl (C=O) groups excluding carboxylic acids is 2. The zero-order valence-electron chi connectivity index (χ0n) is 16.4. The Balaban J connectivity index is 1.38. The van der Waals surface area contributed by atoms with Crippen molar-refractivity contribution in [1.29, 1.82) is 0 Å². The fraction of sp³-hybridized carbons (Fsp3) is 0.333. The number of para-hydroxylation sites is 2. The summed E-state index contributed by atoms with van der Waals surface area (Å²) in [6, 6.07) is 13.2. The van der Waals surface area contributed by atoms with Crippen LogP contribution in [-0.2, 0) is 9.59 Å². The number of hydrogen-bond acceptors (Lipinski definition) is 5. The van der Waals surface area contributed by atoms with Crippen LogP contribution in [0.5, 0.6) is 5.75 Å². The van der Waals surface area contributed by atoms with E-state index < -0.39 is 17.6 Å². The minimum atomic E-state index is -0.766. The number of halogens is 1. The molecule has 8 heteroatoms. The van der Waals surface area contributed by atoms with Crippen LogP contribution in [0.1, 0.15) is 0 Å². The van der Waals surface area contributed by atoms with E-state index in [0.717, 1.165) is 37.6 Å². The molecular weight excluding hydrogens is 375 g/mol. The van der Waals surface area contributed by atoms with Gasteiger partial charge in [0.25, 0.3) is 0 Å². The van der Waals surface area contributed by atoms with Crippen molar-refractivity contribution in [2.45, 2.75) is 0 Å². The van der Waals surface area contributed by atoms with E-state index in [2.05, 4.69) is 26.5 Å². The zero-order chi connectivity index (χ0) is 20.6. The van der Waals surface area contributed by atoms with Crippen LogP contribution in [0, 0.1) is 5.82 Å². The topological polar surface area (TPSA) is 73.9 Å². The molecular formula is C21H25FN4O3. The van der Waals surface area contributed by atoms with Crippen LogP contribution in [0.25, 0.3) is 0 Å². The van der Waals surface area contributed by atoms with Crippen molar-refractivity contribution >= 4 is 23.2 Å². The number of nitrogens with zero attached hydrogens (tertiary/aromatic N) is 2. The van der Waals surface area contributed by atoms with Gasteiger partial charge in [-0.05, 0) is 36.4 Å². The number of ether oxygens (including phenoxy) is 1. The smallest absolute Gasteiger partial charge is 0.313 e. The highest BCUT2D eigenvalue weighted by molar-refractivity contribution is 6.39. The van der Waals surface area contributed by atoms with Crippen LogP contribution in [0.4, 0.5) is 15.8 Å². The molecule has 0 bridgehead atoms. The standard InChI is InChI=1S/C21H25FN4O3/c1-29-19-5-3-2-4-18(19)26-14-12-25(13-15-26)11-10-23-20(27)21(28)24-17-8-6-16(22)7-9-17/h2-9H,10-15H2,1H3,(H,23,27)(H,24,28). The molecule has 7 nitrogen and oxygen atoms in total. The first kappa shape index (κ1) is 20.6. The molecule has 29 heavy (non-hydrogen) atoms. The maximum absolute atomic E-state index is 12.9. The number of anilines is 2. The third kappa shape index (κ3) is 5.68. The van der Waals surface area contributed by atoms with E-state index in [1.165, 1.54) is 24.3 Å². The largest absolute Gasteiger partial charge is 0.495 e. The number of methoxy groups -OCH3 is 1. The van der Waals surface area contributed by atoms with E-state index in [1.54, 1.807) is 7.11 Å². The molecule has 1 aliphatic heterocycles. The normalized spacial score (nSPS) is 14.3. The second-order valence-electron chi connectivity index (χ2n) is 6.72. The Morgan fingerprint density at radius 3 is 2.38 bits per heavy atom. The minimum absolute atomic E-state index is 0.374. The molecule has 154 valence electrons. The third-order valence-electron chi connectivity index (χ3n) is 4.82. The molecule has 0 saturated carbocycles. The summed E-state index contributed by atoms with van der Waals surface area (Å²) in [4.78, 5) is 28.3. The van der Waals surface area contributed by atoms with E-state index in [9.17, 15) is 14.0 Å². The van der Waals surface area contributed by atoms with Gasteiger partial charge < -0.3 is 20.3 Å². The van der Waals surface area contributed by atoms with Crippen molar-refractivity contribution in [2.24, 2.45) is 0 Å². The van der Waals surface area contributed by atoms with Gasteiger partial charge in [0.1, 0.15) is 11.6 Å². The Morgan fingerprint density at radius 2 is 1.69 bits per heavy atom. The third-order valence-corrected chi connectivity index (χ3v) is 4.82. The Kier molecular flexibility index (Phi) is 7.02. The number of piperazine rings is 1. The lowest BCUT2D eigenvalue weighted by Gasteiger charge is -2.36. The summed E-state index contributed by atoms with van der Waals surface area (Å²) in [5, 5.41) is 5.06. The number of nitrogens with one attached hydrogen (secondary N) is 2. The quantitative estimate of drug-likeness (QED) is 0.723. The Labute approximate surface area is 169 Å². The lowest BCUT2D eigenvalue weighted by Crippen LogP contribution is -2.49. The molecule has 2 amide bonds. The van der Waals surface area contributed by atoms with Gasteiger partial charge in [-0.25, -0.2) is 4.39 Å². The van der Waals surface area contributed by atoms with Crippen LogP contribution in [0.2, 0.25) is 0 Å². The monoisotopic (exact) mass is 400 g/mol. The van der Waals surface area contributed by atoms with Gasteiger partial charge >= 0.3 is 11.8 Å². The average Bonchev–Trinajstić information content (AvgIpc) is 2.75. The lowest BCUT2D eigenvalue weighted by atomic mass is 10.2. The molecule has 3 rings (SSSR count). The second kappa shape index (κ2) is 9.88. The predicted octanol–water partition coefficient (Wildman–Crippen LogP) is 1.71. The van der Waals surface area contributed by atoms with E-state index in [1.807, 2.05) is 18.2 Å². The van der Waals surface area contributed by atoms with E-state index >= 15 is 0 Å². The van der Waals surface area contributed by atoms with Crippen molar-refractivity contribution in [3.05, 3.63) is 54.3 Å². The lowest BCUT2D eigenvalue weighted by molar-refractivity contribution is -0.136. The van der Waals surface area contributed by atoms with Crippen molar-refractivity contribution in [2.75, 3.05) is 56.6 Å². The fourth-order valence-corrected chi connectivity index (χ4v) is 3.23. The molecule has 1 saturated heterocycles. The van der Waals surface area contributed by atoms with Gasteiger partial charge in [-0.15, -0.1) is 0 Å². The fourth-order valence-electron chi connectivity index (χ4n) is 3.23. The van der Waals surface area contributed by atoms with Gasteiger partial charge in [-0.1, -0.05) is 12.1 Å². The molecule has 0 radical (unpaired) electrons. The summed E-state index contributed by atoms with van der Waals surface area (Å²) in [7, 11) is 1.67. The first-order chi connectivity index (χ1) is 14.1. The highest BCUT2D eigenvalue weighted by atomic mass is 19.1. The number of hydrogen-bond donors (Lipinski definition) is 2. The van der Waals surface area contributed by atoms with Crippen LogP contribution in [0.15, 0.2) is 48.5 Å². The Bertz CT molecular complexity index is 836. The van der Waals surface area contributed by atoms with Crippen LogP contribution in [-0.4, -0.2) is 63.1 Å². The average molecular weight is 400 g/mol. The maximum atomic E-state index is 12.9. The Hall–Kier alpha value is -3.13. The molecule has 1 aliphatic rings. The molecule has 1 heterocycles. The molecule has 1 fully saturated rings. The van der Waals surface area contributed by atoms with Crippen molar-refractivity contribution in [1.82, 2.24) is 10.2 Å². The SMILES string of the molecule is COc1ccccc1N1CCN(CCNC(=O)C(=O)Nc2ccc(F)cc2)CC1. The van der Waals surface area contributed by atoms with Gasteiger partial charge in [-0.2, -0.15) is 0 Å². The van der Waals surface area contributed by atoms with Crippen LogP contribution in [0.3, 0.4) is 0 Å². The summed E-state index contributed by atoms with van der Waals surface area (Å²) in [6.45, 7) is 4.48. The van der Waals surface area contributed by atoms with Gasteiger partial charge in [0.05, 0.1) is 12.8 Å². The van der Waals surface area contributed by atoms with Gasteiger partial charge in [0, 0.05) is 45.0 Å². The molecule has 0 aliphatic carbocycles. The minimum Gasteiger partial charge on any atom is -0.495 e. The molecule has 2 aromatic rings.